The summed E-state index contributed by atoms with van der Waals surface area (Å²) in [4.78, 5) is 2.34. The fraction of sp³-hybridized carbons (Fsp3) is 0. The Morgan fingerprint density at radius 3 is 1.53 bits per heavy atom. The number of hydrogen-bond acceptors (Lipinski definition) is 1. The Hall–Kier alpha value is -6.18. The maximum Gasteiger partial charge on any atom is 0.0468 e. The first-order valence-electron chi connectivity index (χ1n) is 15.9. The third-order valence-electron chi connectivity index (χ3n) is 8.63. The topological polar surface area (TPSA) is 3.24 Å². The van der Waals surface area contributed by atoms with Gasteiger partial charge in [0.1, 0.15) is 0 Å². The molecule has 1 nitrogen and oxygen atoms in total. The van der Waals surface area contributed by atoms with Gasteiger partial charge in [-0.15, -0.1) is 0 Å². The molecule has 0 amide bonds. The Balaban J connectivity index is 1.42. The van der Waals surface area contributed by atoms with Crippen molar-refractivity contribution in [2.75, 3.05) is 4.90 Å². The minimum atomic E-state index is 1.03. The number of fused-ring (bicyclic) bond motifs is 1. The SMILES string of the molecule is C=C/C=C(\C=C)c1ccc(N(c2ccc(-c3ccccc3)cc2)c2ccc(-c3ccccc3)cc2)cc1-c1cccc2ccccc12. The lowest BCUT2D eigenvalue weighted by atomic mass is 9.90. The molecule has 0 saturated carbocycles. The van der Waals surface area contributed by atoms with Gasteiger partial charge in [0, 0.05) is 17.1 Å². The molecule has 0 fully saturated rings. The molecule has 7 rings (SSSR count). The summed E-state index contributed by atoms with van der Waals surface area (Å²) >= 11 is 0. The molecule has 0 spiro atoms. The molecule has 0 saturated heterocycles. The lowest BCUT2D eigenvalue weighted by Crippen LogP contribution is -2.10. The van der Waals surface area contributed by atoms with Crippen LogP contribution >= 0.6 is 0 Å². The molecule has 7 aromatic rings. The summed E-state index contributed by atoms with van der Waals surface area (Å²) in [5.41, 5.74) is 12.5. The van der Waals surface area contributed by atoms with Crippen LogP contribution in [0.5, 0.6) is 0 Å². The lowest BCUT2D eigenvalue weighted by molar-refractivity contribution is 1.28. The van der Waals surface area contributed by atoms with Crippen molar-refractivity contribution in [1.29, 1.82) is 0 Å². The van der Waals surface area contributed by atoms with Crippen LogP contribution < -0.4 is 4.90 Å². The quantitative estimate of drug-likeness (QED) is 0.149. The van der Waals surface area contributed by atoms with Crippen molar-refractivity contribution >= 4 is 33.4 Å². The molecule has 1 heteroatoms. The second-order valence-corrected chi connectivity index (χ2v) is 11.5. The van der Waals surface area contributed by atoms with Gasteiger partial charge >= 0.3 is 0 Å². The molecule has 0 aliphatic heterocycles. The molecule has 0 aromatic heterocycles. The summed E-state index contributed by atoms with van der Waals surface area (Å²) in [6, 6.07) is 60.6. The van der Waals surface area contributed by atoms with Gasteiger partial charge in [-0.25, -0.2) is 0 Å². The molecule has 0 atom stereocenters. The largest absolute Gasteiger partial charge is 0.310 e. The normalized spacial score (nSPS) is 11.3. The van der Waals surface area contributed by atoms with Crippen LogP contribution in [-0.2, 0) is 0 Å². The molecular formula is C46H35N. The van der Waals surface area contributed by atoms with E-state index in [0.717, 1.165) is 33.8 Å². The zero-order valence-electron chi connectivity index (χ0n) is 26.3. The predicted molar refractivity (Wildman–Crippen MR) is 203 cm³/mol. The average molecular weight is 602 g/mol. The highest BCUT2D eigenvalue weighted by Gasteiger charge is 2.18. The molecule has 0 heterocycles. The number of anilines is 3. The molecule has 7 aromatic carbocycles. The Morgan fingerprint density at radius 2 is 0.957 bits per heavy atom. The van der Waals surface area contributed by atoms with E-state index in [4.69, 9.17) is 0 Å². The van der Waals surface area contributed by atoms with Crippen molar-refractivity contribution in [3.8, 4) is 33.4 Å². The fourth-order valence-corrected chi connectivity index (χ4v) is 6.32. The number of nitrogens with zero attached hydrogens (tertiary/aromatic N) is 1. The van der Waals surface area contributed by atoms with E-state index in [1.54, 1.807) is 0 Å². The van der Waals surface area contributed by atoms with Crippen LogP contribution in [0.3, 0.4) is 0 Å². The Morgan fingerprint density at radius 1 is 0.447 bits per heavy atom. The summed E-state index contributed by atoms with van der Waals surface area (Å²) in [5, 5.41) is 2.42. The van der Waals surface area contributed by atoms with Gasteiger partial charge in [0.25, 0.3) is 0 Å². The molecule has 0 aliphatic carbocycles. The first kappa shape index (κ1) is 29.5. The standard InChI is InChI=1S/C46H35N/c1-3-14-34(4-2)44-32-31-42(33-46(44)45-22-13-20-39-19-11-12-21-43(39)45)47(40-27-23-37(24-28-40)35-15-7-5-8-16-35)41-29-25-38(26-30-41)36-17-9-6-10-18-36/h3-33H,1-2H2/b34-14+. The minimum absolute atomic E-state index is 1.03. The highest BCUT2D eigenvalue weighted by Crippen LogP contribution is 2.42. The first-order valence-corrected chi connectivity index (χ1v) is 15.9. The van der Waals surface area contributed by atoms with Crippen LogP contribution in [0, 0.1) is 0 Å². The number of benzene rings is 7. The van der Waals surface area contributed by atoms with Crippen LogP contribution in [0.1, 0.15) is 5.56 Å². The van der Waals surface area contributed by atoms with Crippen LogP contribution in [0.4, 0.5) is 17.1 Å². The van der Waals surface area contributed by atoms with Crippen molar-refractivity contribution < 1.29 is 0 Å². The van der Waals surface area contributed by atoms with Crippen molar-refractivity contribution in [2.24, 2.45) is 0 Å². The summed E-state index contributed by atoms with van der Waals surface area (Å²) in [6.07, 6.45) is 5.76. The highest BCUT2D eigenvalue weighted by molar-refractivity contribution is 6.01. The van der Waals surface area contributed by atoms with E-state index in [0.29, 0.717) is 0 Å². The third kappa shape index (κ3) is 6.08. The van der Waals surface area contributed by atoms with Gasteiger partial charge < -0.3 is 4.90 Å². The van der Waals surface area contributed by atoms with Crippen molar-refractivity contribution in [1.82, 2.24) is 0 Å². The number of allylic oxidation sites excluding steroid dienone is 4. The van der Waals surface area contributed by atoms with Crippen LogP contribution in [0.2, 0.25) is 0 Å². The second kappa shape index (κ2) is 13.4. The van der Waals surface area contributed by atoms with Crippen molar-refractivity contribution in [2.45, 2.75) is 0 Å². The Labute approximate surface area is 277 Å². The van der Waals surface area contributed by atoms with E-state index in [1.807, 2.05) is 18.2 Å². The smallest absolute Gasteiger partial charge is 0.0468 e. The molecular weight excluding hydrogens is 567 g/mol. The second-order valence-electron chi connectivity index (χ2n) is 11.5. The highest BCUT2D eigenvalue weighted by atomic mass is 15.1. The summed E-state index contributed by atoms with van der Waals surface area (Å²) in [6.45, 7) is 8.12. The van der Waals surface area contributed by atoms with Gasteiger partial charge in [0.15, 0.2) is 0 Å². The van der Waals surface area contributed by atoms with E-state index < -0.39 is 0 Å². The van der Waals surface area contributed by atoms with Crippen molar-refractivity contribution in [3.05, 3.63) is 207 Å². The predicted octanol–water partition coefficient (Wildman–Crippen LogP) is 13.1. The number of rotatable bonds is 9. The van der Waals surface area contributed by atoms with Crippen LogP contribution in [0.25, 0.3) is 49.7 Å². The zero-order chi connectivity index (χ0) is 32.0. The third-order valence-corrected chi connectivity index (χ3v) is 8.63. The fourth-order valence-electron chi connectivity index (χ4n) is 6.32. The monoisotopic (exact) mass is 601 g/mol. The Bertz CT molecular complexity index is 2100. The summed E-state index contributed by atoms with van der Waals surface area (Å²) in [7, 11) is 0. The Kier molecular flexibility index (Phi) is 8.44. The molecule has 0 aliphatic rings. The van der Waals surface area contributed by atoms with Gasteiger partial charge in [-0.05, 0) is 91.7 Å². The van der Waals surface area contributed by atoms with Gasteiger partial charge in [-0.3, -0.25) is 0 Å². The zero-order valence-corrected chi connectivity index (χ0v) is 26.3. The van der Waals surface area contributed by atoms with Gasteiger partial charge in [-0.1, -0.05) is 165 Å². The van der Waals surface area contributed by atoms with Crippen molar-refractivity contribution in [3.63, 3.8) is 0 Å². The van der Waals surface area contributed by atoms with Gasteiger partial charge in [0.2, 0.25) is 0 Å². The van der Waals surface area contributed by atoms with E-state index >= 15 is 0 Å². The minimum Gasteiger partial charge on any atom is -0.310 e. The van der Waals surface area contributed by atoms with Gasteiger partial charge in [0.05, 0.1) is 0 Å². The molecule has 0 bridgehead atoms. The van der Waals surface area contributed by atoms with Crippen LogP contribution in [0.15, 0.2) is 201 Å². The average Bonchev–Trinajstić information content (AvgIpc) is 3.15. The molecule has 0 N–H and O–H groups in total. The maximum absolute atomic E-state index is 4.15. The molecule has 0 radical (unpaired) electrons. The summed E-state index contributed by atoms with van der Waals surface area (Å²) in [5.74, 6) is 0. The molecule has 0 unspecified atom stereocenters. The lowest BCUT2D eigenvalue weighted by Gasteiger charge is -2.27. The van der Waals surface area contributed by atoms with Gasteiger partial charge in [-0.2, -0.15) is 0 Å². The van der Waals surface area contributed by atoms with E-state index in [1.165, 1.54) is 38.6 Å². The molecule has 224 valence electrons. The van der Waals surface area contributed by atoms with E-state index in [9.17, 15) is 0 Å². The first-order chi connectivity index (χ1) is 23.2. The van der Waals surface area contributed by atoms with E-state index in [2.05, 4.69) is 188 Å². The summed E-state index contributed by atoms with van der Waals surface area (Å²) < 4.78 is 0. The van der Waals surface area contributed by atoms with Crippen LogP contribution in [-0.4, -0.2) is 0 Å². The molecule has 47 heavy (non-hydrogen) atoms. The maximum atomic E-state index is 4.15. The number of hydrogen-bond donors (Lipinski definition) is 0. The van der Waals surface area contributed by atoms with E-state index in [-0.39, 0.29) is 0 Å².